The fraction of sp³-hybridized carbons (Fsp3) is 0.118. The Morgan fingerprint density at radius 1 is 1.05 bits per heavy atom. The van der Waals surface area contributed by atoms with Crippen LogP contribution in [0.25, 0.3) is 0 Å². The molecule has 0 amide bonds. The number of carbonyl (C=O) groups is 1. The Kier molecular flexibility index (Phi) is 4.48. The van der Waals surface area contributed by atoms with E-state index in [-0.39, 0.29) is 5.78 Å². The molecule has 2 aromatic carbocycles. The van der Waals surface area contributed by atoms with Gasteiger partial charge in [0.1, 0.15) is 0 Å². The highest BCUT2D eigenvalue weighted by Crippen LogP contribution is 2.15. The second-order valence-electron chi connectivity index (χ2n) is 4.81. The number of nitrogens with one attached hydrogen (secondary N) is 1. The van der Waals surface area contributed by atoms with Crippen molar-refractivity contribution in [3.8, 4) is 0 Å². The number of hydrogen-bond donors (Lipinski definition) is 1. The SMILES string of the molecule is C/C(=C\C(=O)c1ccc(C)cc1)Nc1ccc(F)c(F)c1. The molecule has 0 saturated carbocycles. The van der Waals surface area contributed by atoms with Gasteiger partial charge < -0.3 is 5.32 Å². The van der Waals surface area contributed by atoms with E-state index in [0.717, 1.165) is 17.7 Å². The zero-order valence-corrected chi connectivity index (χ0v) is 11.8. The average molecular weight is 287 g/mol. The maximum Gasteiger partial charge on any atom is 0.187 e. The second kappa shape index (κ2) is 6.31. The third-order valence-corrected chi connectivity index (χ3v) is 2.94. The lowest BCUT2D eigenvalue weighted by Gasteiger charge is -2.07. The number of rotatable bonds is 4. The average Bonchev–Trinajstić information content (AvgIpc) is 2.43. The second-order valence-corrected chi connectivity index (χ2v) is 4.81. The van der Waals surface area contributed by atoms with E-state index in [0.29, 0.717) is 16.9 Å². The summed E-state index contributed by atoms with van der Waals surface area (Å²) in [6.45, 7) is 3.63. The molecule has 1 N–H and O–H groups in total. The number of allylic oxidation sites excluding steroid dienone is 2. The summed E-state index contributed by atoms with van der Waals surface area (Å²) >= 11 is 0. The number of hydrogen-bond acceptors (Lipinski definition) is 2. The van der Waals surface area contributed by atoms with E-state index in [1.165, 1.54) is 12.1 Å². The zero-order chi connectivity index (χ0) is 15.4. The lowest BCUT2D eigenvalue weighted by molar-refractivity contribution is 0.104. The fourth-order valence-corrected chi connectivity index (χ4v) is 1.84. The van der Waals surface area contributed by atoms with Crippen LogP contribution in [-0.2, 0) is 0 Å². The Hall–Kier alpha value is -2.49. The van der Waals surface area contributed by atoms with Crippen LogP contribution >= 0.6 is 0 Å². The predicted octanol–water partition coefficient (Wildman–Crippen LogP) is 4.47. The number of anilines is 1. The van der Waals surface area contributed by atoms with Gasteiger partial charge in [0.25, 0.3) is 0 Å². The van der Waals surface area contributed by atoms with Gasteiger partial charge in [0, 0.05) is 29.1 Å². The molecule has 2 rings (SSSR count). The third-order valence-electron chi connectivity index (χ3n) is 2.94. The van der Waals surface area contributed by atoms with Gasteiger partial charge in [0.05, 0.1) is 0 Å². The van der Waals surface area contributed by atoms with E-state index in [4.69, 9.17) is 0 Å². The number of aryl methyl sites for hydroxylation is 1. The molecule has 108 valence electrons. The van der Waals surface area contributed by atoms with Gasteiger partial charge in [-0.15, -0.1) is 0 Å². The van der Waals surface area contributed by atoms with Crippen molar-refractivity contribution in [2.24, 2.45) is 0 Å². The first-order valence-electron chi connectivity index (χ1n) is 6.47. The van der Waals surface area contributed by atoms with Crippen molar-refractivity contribution in [2.45, 2.75) is 13.8 Å². The molecular formula is C17H15F2NO. The first kappa shape index (κ1) is 14.9. The van der Waals surface area contributed by atoms with Gasteiger partial charge in [-0.05, 0) is 26.0 Å². The van der Waals surface area contributed by atoms with Gasteiger partial charge in [-0.1, -0.05) is 29.8 Å². The van der Waals surface area contributed by atoms with E-state index < -0.39 is 11.6 Å². The van der Waals surface area contributed by atoms with Crippen LogP contribution < -0.4 is 5.32 Å². The van der Waals surface area contributed by atoms with E-state index in [1.54, 1.807) is 19.1 Å². The van der Waals surface area contributed by atoms with Crippen LogP contribution in [0.1, 0.15) is 22.8 Å². The van der Waals surface area contributed by atoms with Crippen LogP contribution in [0.5, 0.6) is 0 Å². The predicted molar refractivity (Wildman–Crippen MR) is 79.2 cm³/mol. The molecule has 0 aliphatic carbocycles. The van der Waals surface area contributed by atoms with E-state index in [9.17, 15) is 13.6 Å². The van der Waals surface area contributed by atoms with Crippen molar-refractivity contribution in [3.63, 3.8) is 0 Å². The quantitative estimate of drug-likeness (QED) is 0.664. The molecular weight excluding hydrogens is 272 g/mol. The molecule has 0 aliphatic rings. The van der Waals surface area contributed by atoms with Crippen LogP contribution in [0, 0.1) is 18.6 Å². The van der Waals surface area contributed by atoms with Gasteiger partial charge in [-0.2, -0.15) is 0 Å². The van der Waals surface area contributed by atoms with Gasteiger partial charge in [-0.25, -0.2) is 8.78 Å². The van der Waals surface area contributed by atoms with Gasteiger partial charge >= 0.3 is 0 Å². The molecule has 0 saturated heterocycles. The Labute approximate surface area is 122 Å². The fourth-order valence-electron chi connectivity index (χ4n) is 1.84. The van der Waals surface area contributed by atoms with Crippen molar-refractivity contribution in [1.29, 1.82) is 0 Å². The molecule has 2 aromatic rings. The Morgan fingerprint density at radius 3 is 2.33 bits per heavy atom. The monoisotopic (exact) mass is 287 g/mol. The Morgan fingerprint density at radius 2 is 1.71 bits per heavy atom. The smallest absolute Gasteiger partial charge is 0.187 e. The summed E-state index contributed by atoms with van der Waals surface area (Å²) in [7, 11) is 0. The Bertz CT molecular complexity index is 690. The standard InChI is InChI=1S/C17H15F2NO/c1-11-3-5-13(6-4-11)17(21)9-12(2)20-14-7-8-15(18)16(19)10-14/h3-10,20H,1-2H3/b12-9+. The number of benzene rings is 2. The van der Waals surface area contributed by atoms with Crippen molar-refractivity contribution in [3.05, 3.63) is 77.0 Å². The number of carbonyl (C=O) groups excluding carboxylic acids is 1. The summed E-state index contributed by atoms with van der Waals surface area (Å²) in [5.74, 6) is -1.99. The molecule has 0 heterocycles. The van der Waals surface area contributed by atoms with Crippen LogP contribution in [-0.4, -0.2) is 5.78 Å². The van der Waals surface area contributed by atoms with E-state index >= 15 is 0 Å². The van der Waals surface area contributed by atoms with Crippen LogP contribution in [0.4, 0.5) is 14.5 Å². The van der Waals surface area contributed by atoms with Crippen molar-refractivity contribution in [2.75, 3.05) is 5.32 Å². The Balaban J connectivity index is 2.11. The highest BCUT2D eigenvalue weighted by Gasteiger charge is 2.05. The minimum atomic E-state index is -0.933. The molecule has 0 bridgehead atoms. The minimum absolute atomic E-state index is 0.150. The number of ketones is 1. The lowest BCUT2D eigenvalue weighted by atomic mass is 10.1. The van der Waals surface area contributed by atoms with Crippen molar-refractivity contribution in [1.82, 2.24) is 0 Å². The third kappa shape index (κ3) is 3.99. The summed E-state index contributed by atoms with van der Waals surface area (Å²) in [5, 5.41) is 2.86. The summed E-state index contributed by atoms with van der Waals surface area (Å²) < 4.78 is 25.9. The molecule has 0 radical (unpaired) electrons. The highest BCUT2D eigenvalue weighted by molar-refractivity contribution is 6.05. The topological polar surface area (TPSA) is 29.1 Å². The van der Waals surface area contributed by atoms with E-state index in [1.807, 2.05) is 19.1 Å². The maximum absolute atomic E-state index is 13.1. The first-order chi connectivity index (χ1) is 9.95. The van der Waals surface area contributed by atoms with Crippen LogP contribution in [0.2, 0.25) is 0 Å². The number of halogens is 2. The van der Waals surface area contributed by atoms with Crippen molar-refractivity contribution >= 4 is 11.5 Å². The highest BCUT2D eigenvalue weighted by atomic mass is 19.2. The first-order valence-corrected chi connectivity index (χ1v) is 6.47. The zero-order valence-electron chi connectivity index (χ0n) is 11.8. The lowest BCUT2D eigenvalue weighted by Crippen LogP contribution is -2.02. The molecule has 2 nitrogen and oxygen atoms in total. The van der Waals surface area contributed by atoms with Crippen LogP contribution in [0.15, 0.2) is 54.2 Å². The molecule has 0 unspecified atom stereocenters. The van der Waals surface area contributed by atoms with E-state index in [2.05, 4.69) is 5.32 Å². The van der Waals surface area contributed by atoms with Gasteiger partial charge in [0.15, 0.2) is 17.4 Å². The molecule has 0 aromatic heterocycles. The molecule has 0 atom stereocenters. The summed E-state index contributed by atoms with van der Waals surface area (Å²) in [4.78, 5) is 12.0. The molecule has 0 spiro atoms. The molecule has 4 heteroatoms. The summed E-state index contributed by atoms with van der Waals surface area (Å²) in [6, 6.07) is 10.7. The maximum atomic E-state index is 13.1. The molecule has 0 fully saturated rings. The molecule has 0 aliphatic heterocycles. The summed E-state index contributed by atoms with van der Waals surface area (Å²) in [6.07, 6.45) is 1.42. The largest absolute Gasteiger partial charge is 0.359 e. The van der Waals surface area contributed by atoms with Crippen LogP contribution in [0.3, 0.4) is 0 Å². The van der Waals surface area contributed by atoms with Gasteiger partial charge in [0.2, 0.25) is 0 Å². The van der Waals surface area contributed by atoms with Crippen molar-refractivity contribution < 1.29 is 13.6 Å². The minimum Gasteiger partial charge on any atom is -0.359 e. The molecule has 21 heavy (non-hydrogen) atoms. The normalized spacial score (nSPS) is 11.3. The summed E-state index contributed by atoms with van der Waals surface area (Å²) in [5.41, 5.74) is 2.59. The van der Waals surface area contributed by atoms with Gasteiger partial charge in [-0.3, -0.25) is 4.79 Å².